The third kappa shape index (κ3) is 9.68. The Balaban J connectivity index is 0.000000180. The van der Waals surface area contributed by atoms with E-state index in [0.717, 1.165) is 27.6 Å². The minimum atomic E-state index is -0.446. The SMILES string of the molecule is CC(C)c1cccc(C(C)C)c1[N-]C1=Cc2cccc3cccc(c23)C1=O.[Ni+2].[c-]1ccccc1.c1ccc(P(c2ccccc2)c2ccccc2)cc1. The van der Waals surface area contributed by atoms with Gasteiger partial charge in [0.05, 0.1) is 0 Å². The van der Waals surface area contributed by atoms with Gasteiger partial charge < -0.3 is 5.32 Å². The number of rotatable bonds is 7. The van der Waals surface area contributed by atoms with E-state index in [1.807, 2.05) is 54.6 Å². The molecule has 0 saturated carbocycles. The van der Waals surface area contributed by atoms with Crippen molar-refractivity contribution in [2.24, 2.45) is 0 Å². The molecule has 0 spiro atoms. The number of allylic oxidation sites excluding steroid dienone is 1. The molecule has 0 radical (unpaired) electrons. The molecule has 0 saturated heterocycles. The predicted molar refractivity (Wildman–Crippen MR) is 224 cm³/mol. The van der Waals surface area contributed by atoms with E-state index in [4.69, 9.17) is 5.32 Å². The third-order valence-electron chi connectivity index (χ3n) is 8.93. The van der Waals surface area contributed by atoms with Gasteiger partial charge in [0, 0.05) is 5.56 Å². The summed E-state index contributed by atoms with van der Waals surface area (Å²) < 4.78 is 0. The van der Waals surface area contributed by atoms with E-state index in [9.17, 15) is 4.79 Å². The number of Topliss-reactive ketones (excluding diaryl/α,β-unsaturated/α-hetero) is 1. The largest absolute Gasteiger partial charge is 2.00 e. The van der Waals surface area contributed by atoms with Crippen molar-refractivity contribution in [1.82, 2.24) is 0 Å². The van der Waals surface area contributed by atoms with Crippen molar-refractivity contribution in [3.63, 3.8) is 0 Å². The second kappa shape index (κ2) is 19.1. The number of hydrogen-bond donors (Lipinski definition) is 0. The summed E-state index contributed by atoms with van der Waals surface area (Å²) in [4.78, 5) is 13.2. The Kier molecular flexibility index (Phi) is 14.1. The van der Waals surface area contributed by atoms with E-state index < -0.39 is 7.92 Å². The summed E-state index contributed by atoms with van der Waals surface area (Å²) in [5.41, 5.74) is 5.66. The number of ketones is 1. The molecule has 53 heavy (non-hydrogen) atoms. The Morgan fingerprint density at radius 1 is 0.528 bits per heavy atom. The number of nitrogens with zero attached hydrogens (tertiary/aromatic N) is 1. The van der Waals surface area contributed by atoms with E-state index in [-0.39, 0.29) is 22.3 Å². The number of carbonyl (C=O) groups is 1. The van der Waals surface area contributed by atoms with Crippen LogP contribution in [0.15, 0.2) is 182 Å². The summed E-state index contributed by atoms with van der Waals surface area (Å²) in [6.07, 6.45) is 1.94. The van der Waals surface area contributed by atoms with Crippen molar-refractivity contribution < 1.29 is 21.3 Å². The maximum atomic E-state index is 13.2. The van der Waals surface area contributed by atoms with Gasteiger partial charge in [-0.15, -0.1) is 5.69 Å². The molecule has 0 atom stereocenters. The van der Waals surface area contributed by atoms with Gasteiger partial charge in [0.1, 0.15) is 0 Å². The first-order valence-corrected chi connectivity index (χ1v) is 19.3. The van der Waals surface area contributed by atoms with E-state index >= 15 is 0 Å². The van der Waals surface area contributed by atoms with Crippen molar-refractivity contribution in [2.75, 3.05) is 0 Å². The van der Waals surface area contributed by atoms with Crippen molar-refractivity contribution in [3.05, 3.63) is 215 Å². The fraction of sp³-hybridized carbons (Fsp3) is 0.122. The van der Waals surface area contributed by atoms with Gasteiger partial charge >= 0.3 is 16.5 Å². The van der Waals surface area contributed by atoms with Crippen LogP contribution in [0.3, 0.4) is 0 Å². The first-order valence-electron chi connectivity index (χ1n) is 17.9. The second-order valence-corrected chi connectivity index (χ2v) is 15.5. The molecule has 0 amide bonds. The van der Waals surface area contributed by atoms with E-state index in [2.05, 4.69) is 161 Å². The van der Waals surface area contributed by atoms with Crippen molar-refractivity contribution in [3.8, 4) is 0 Å². The van der Waals surface area contributed by atoms with Gasteiger partial charge in [-0.1, -0.05) is 196 Å². The zero-order valence-electron chi connectivity index (χ0n) is 30.6. The van der Waals surface area contributed by atoms with Crippen molar-refractivity contribution in [2.45, 2.75) is 39.5 Å². The summed E-state index contributed by atoms with van der Waals surface area (Å²) in [5.74, 6) is 0.697. The van der Waals surface area contributed by atoms with Gasteiger partial charge in [-0.3, -0.25) is 4.79 Å². The van der Waals surface area contributed by atoms with Crippen LogP contribution in [0.4, 0.5) is 5.69 Å². The summed E-state index contributed by atoms with van der Waals surface area (Å²) in [6, 6.07) is 63.2. The van der Waals surface area contributed by atoms with Gasteiger partial charge in [0.25, 0.3) is 0 Å². The van der Waals surface area contributed by atoms with E-state index in [1.165, 1.54) is 27.0 Å². The maximum absolute atomic E-state index is 13.2. The molecule has 0 heterocycles. The van der Waals surface area contributed by atoms with Crippen LogP contribution in [0, 0.1) is 6.07 Å². The van der Waals surface area contributed by atoms with E-state index in [1.54, 1.807) is 0 Å². The molecular weight excluding hydrogens is 708 g/mol. The molecule has 7 aromatic carbocycles. The molecule has 7 aromatic rings. The molecule has 0 fully saturated rings. The Hall–Kier alpha value is -5.07. The summed E-state index contributed by atoms with van der Waals surface area (Å²) in [7, 11) is -0.446. The normalized spacial score (nSPS) is 11.5. The Morgan fingerprint density at radius 2 is 0.981 bits per heavy atom. The molecule has 0 aromatic heterocycles. The number of benzene rings is 7. The molecule has 0 aliphatic heterocycles. The first-order chi connectivity index (χ1) is 25.4. The molecule has 4 heteroatoms. The molecule has 266 valence electrons. The van der Waals surface area contributed by atoms with Crippen molar-refractivity contribution >= 4 is 52.2 Å². The number of hydrogen-bond acceptors (Lipinski definition) is 1. The fourth-order valence-corrected chi connectivity index (χ4v) is 8.70. The first kappa shape index (κ1) is 39.1. The molecular formula is C49H44NNiOP. The van der Waals surface area contributed by atoms with Crippen LogP contribution in [0.25, 0.3) is 22.2 Å². The molecule has 1 aliphatic carbocycles. The topological polar surface area (TPSA) is 31.2 Å². The van der Waals surface area contributed by atoms with Gasteiger partial charge in [-0.05, 0) is 52.0 Å². The zero-order chi connectivity index (χ0) is 36.3. The van der Waals surface area contributed by atoms with Crippen LogP contribution < -0.4 is 15.9 Å². The average Bonchev–Trinajstić information content (AvgIpc) is 3.19. The second-order valence-electron chi connectivity index (χ2n) is 13.2. The number of carbonyl (C=O) groups excluding carboxylic acids is 1. The average molecular weight is 753 g/mol. The van der Waals surface area contributed by atoms with Crippen LogP contribution >= 0.6 is 7.92 Å². The Bertz CT molecular complexity index is 2080. The third-order valence-corrected chi connectivity index (χ3v) is 11.4. The van der Waals surface area contributed by atoms with Crippen LogP contribution in [0.2, 0.25) is 0 Å². The molecule has 1 aliphatic rings. The summed E-state index contributed by atoms with van der Waals surface area (Å²) in [5, 5.41) is 11.3. The quantitative estimate of drug-likeness (QED) is 0.0906. The molecule has 0 N–H and O–H groups in total. The van der Waals surface area contributed by atoms with Crippen LogP contribution in [0.5, 0.6) is 0 Å². The summed E-state index contributed by atoms with van der Waals surface area (Å²) >= 11 is 0. The van der Waals surface area contributed by atoms with Gasteiger partial charge in [0.15, 0.2) is 5.78 Å². The van der Waals surface area contributed by atoms with E-state index in [0.29, 0.717) is 17.5 Å². The van der Waals surface area contributed by atoms with Crippen LogP contribution in [0.1, 0.15) is 66.6 Å². The van der Waals surface area contributed by atoms with Gasteiger partial charge in [0.2, 0.25) is 0 Å². The smallest absolute Gasteiger partial charge is 0.654 e. The maximum Gasteiger partial charge on any atom is 2.00 e. The fourth-order valence-electron chi connectivity index (χ4n) is 6.40. The Morgan fingerprint density at radius 3 is 1.42 bits per heavy atom. The monoisotopic (exact) mass is 751 g/mol. The van der Waals surface area contributed by atoms with Crippen LogP contribution in [-0.2, 0) is 16.5 Å². The minimum absolute atomic E-state index is 0. The van der Waals surface area contributed by atoms with Crippen LogP contribution in [-0.4, -0.2) is 5.78 Å². The molecule has 0 unspecified atom stereocenters. The standard InChI is InChI=1S/C25H24NO.C18H15P.C6H5.Ni/c1-15(2)19-11-7-12-20(16(3)4)24(19)26-22-14-18-10-5-8-17-9-6-13-21(23(17)18)25(22)27;1-4-10-16(11-5-1)19(17-12-6-2-7-13-17)18-14-8-3-9-15-18;1-2-4-6-5-3-1;/h5-16H,1-4H3;1-15H;1-5H;/q-1;;-1;+2. The van der Waals surface area contributed by atoms with Gasteiger partial charge in [-0.25, -0.2) is 0 Å². The number of para-hydroxylation sites is 1. The zero-order valence-corrected chi connectivity index (χ0v) is 32.5. The molecule has 0 bridgehead atoms. The minimum Gasteiger partial charge on any atom is -0.654 e. The molecule has 2 nitrogen and oxygen atoms in total. The van der Waals surface area contributed by atoms with Gasteiger partial charge in [-0.2, -0.15) is 36.4 Å². The molecule has 8 rings (SSSR count). The summed E-state index contributed by atoms with van der Waals surface area (Å²) in [6.45, 7) is 8.69. The predicted octanol–water partition coefficient (Wildman–Crippen LogP) is 12.3. The Labute approximate surface area is 326 Å². The van der Waals surface area contributed by atoms with Crippen molar-refractivity contribution in [1.29, 1.82) is 0 Å².